The molecule has 1 saturated heterocycles. The summed E-state index contributed by atoms with van der Waals surface area (Å²) < 4.78 is 1.57. The van der Waals surface area contributed by atoms with Crippen molar-refractivity contribution in [1.82, 2.24) is 9.88 Å². The van der Waals surface area contributed by atoms with Crippen molar-refractivity contribution in [3.05, 3.63) is 28.7 Å². The lowest BCUT2D eigenvalue weighted by Gasteiger charge is -2.12. The molecule has 0 aliphatic carbocycles. The van der Waals surface area contributed by atoms with Gasteiger partial charge in [0.05, 0.1) is 11.7 Å². The minimum absolute atomic E-state index is 0.0243. The number of nitrogens with one attached hydrogen (secondary N) is 2. The van der Waals surface area contributed by atoms with Crippen LogP contribution < -0.4 is 16.2 Å². The highest BCUT2D eigenvalue weighted by atomic mass is 16.2. The first-order valence-corrected chi connectivity index (χ1v) is 5.95. The zero-order valence-electron chi connectivity index (χ0n) is 9.90. The molecule has 1 amide bonds. The van der Waals surface area contributed by atoms with Crippen LogP contribution in [0, 0.1) is 0 Å². The number of anilines is 1. The quantitative estimate of drug-likeness (QED) is 0.804. The van der Waals surface area contributed by atoms with Gasteiger partial charge in [-0.1, -0.05) is 0 Å². The van der Waals surface area contributed by atoms with Gasteiger partial charge in [0.2, 0.25) is 5.91 Å². The van der Waals surface area contributed by atoms with Gasteiger partial charge in [0.1, 0.15) is 0 Å². The molecule has 0 aromatic carbocycles. The molecule has 0 bridgehead atoms. The lowest BCUT2D eigenvalue weighted by molar-refractivity contribution is -0.117. The van der Waals surface area contributed by atoms with Crippen LogP contribution in [0.15, 0.2) is 23.1 Å². The minimum atomic E-state index is -0.1000. The van der Waals surface area contributed by atoms with Gasteiger partial charge < -0.3 is 15.2 Å². The van der Waals surface area contributed by atoms with Gasteiger partial charge in [-0.15, -0.1) is 0 Å². The van der Waals surface area contributed by atoms with Crippen LogP contribution in [0.25, 0.3) is 0 Å². The number of nitrogens with zero attached hydrogens (tertiary/aromatic N) is 1. The van der Waals surface area contributed by atoms with E-state index < -0.39 is 0 Å². The summed E-state index contributed by atoms with van der Waals surface area (Å²) in [5.41, 5.74) is 0.620. The van der Waals surface area contributed by atoms with E-state index in [-0.39, 0.29) is 17.5 Å². The Morgan fingerprint density at radius 1 is 1.59 bits per heavy atom. The van der Waals surface area contributed by atoms with Crippen LogP contribution in [-0.2, 0) is 11.3 Å². The van der Waals surface area contributed by atoms with Crippen LogP contribution in [0.1, 0.15) is 19.8 Å². The number of aryl methyl sites for hydroxylation is 1. The Morgan fingerprint density at radius 2 is 2.41 bits per heavy atom. The Morgan fingerprint density at radius 3 is 3.06 bits per heavy atom. The molecule has 5 nitrogen and oxygen atoms in total. The van der Waals surface area contributed by atoms with Crippen LogP contribution in [0.4, 0.5) is 5.69 Å². The topological polar surface area (TPSA) is 63.1 Å². The Bertz CT molecular complexity index is 461. The summed E-state index contributed by atoms with van der Waals surface area (Å²) in [4.78, 5) is 23.2. The van der Waals surface area contributed by atoms with Crippen LogP contribution in [0.3, 0.4) is 0 Å². The summed E-state index contributed by atoms with van der Waals surface area (Å²) >= 11 is 0. The number of amides is 1. The Hall–Kier alpha value is -1.62. The second kappa shape index (κ2) is 5.14. The predicted octanol–water partition coefficient (Wildman–Crippen LogP) is 0.559. The molecule has 1 aliphatic heterocycles. The molecule has 0 spiro atoms. The lowest BCUT2D eigenvalue weighted by Crippen LogP contribution is -2.35. The zero-order chi connectivity index (χ0) is 12.3. The Kier molecular flexibility index (Phi) is 3.58. The highest BCUT2D eigenvalue weighted by molar-refractivity contribution is 5.94. The molecule has 0 saturated carbocycles. The van der Waals surface area contributed by atoms with E-state index in [0.29, 0.717) is 12.2 Å². The molecule has 92 valence electrons. The smallest absolute Gasteiger partial charge is 0.250 e. The first kappa shape index (κ1) is 11.9. The van der Waals surface area contributed by atoms with Gasteiger partial charge in [-0.05, 0) is 32.4 Å². The van der Waals surface area contributed by atoms with Crippen molar-refractivity contribution < 1.29 is 4.79 Å². The highest BCUT2D eigenvalue weighted by Gasteiger charge is 2.21. The van der Waals surface area contributed by atoms with Crippen molar-refractivity contribution >= 4 is 11.6 Å². The van der Waals surface area contributed by atoms with E-state index in [4.69, 9.17) is 0 Å². The summed E-state index contributed by atoms with van der Waals surface area (Å²) in [7, 11) is 0. The van der Waals surface area contributed by atoms with Crippen molar-refractivity contribution in [1.29, 1.82) is 0 Å². The highest BCUT2D eigenvalue weighted by Crippen LogP contribution is 2.09. The molecule has 0 unspecified atom stereocenters. The van der Waals surface area contributed by atoms with E-state index in [1.54, 1.807) is 16.8 Å². The third-order valence-corrected chi connectivity index (χ3v) is 2.97. The van der Waals surface area contributed by atoms with Crippen LogP contribution in [0.2, 0.25) is 0 Å². The first-order valence-electron chi connectivity index (χ1n) is 5.95. The summed E-state index contributed by atoms with van der Waals surface area (Å²) in [6.45, 7) is 3.39. The van der Waals surface area contributed by atoms with E-state index >= 15 is 0 Å². The molecular weight excluding hydrogens is 218 g/mol. The van der Waals surface area contributed by atoms with Gasteiger partial charge in [-0.2, -0.15) is 0 Å². The summed E-state index contributed by atoms with van der Waals surface area (Å²) in [6, 6.07) is 3.01. The molecule has 1 aliphatic rings. The number of pyridine rings is 1. The second-order valence-electron chi connectivity index (χ2n) is 4.18. The van der Waals surface area contributed by atoms with Crippen molar-refractivity contribution in [2.24, 2.45) is 0 Å². The summed E-state index contributed by atoms with van der Waals surface area (Å²) in [6.07, 6.45) is 3.58. The van der Waals surface area contributed by atoms with Crippen molar-refractivity contribution in [2.45, 2.75) is 32.4 Å². The van der Waals surface area contributed by atoms with Crippen LogP contribution >= 0.6 is 0 Å². The number of carbonyl (C=O) groups is 1. The maximum absolute atomic E-state index is 11.8. The monoisotopic (exact) mass is 235 g/mol. The van der Waals surface area contributed by atoms with Gasteiger partial charge in [0.15, 0.2) is 0 Å². The Labute approximate surface area is 99.8 Å². The molecule has 1 aromatic rings. The summed E-state index contributed by atoms with van der Waals surface area (Å²) in [5, 5.41) is 5.96. The fourth-order valence-corrected chi connectivity index (χ4v) is 1.99. The number of hydrogen-bond donors (Lipinski definition) is 2. The van der Waals surface area contributed by atoms with Crippen molar-refractivity contribution in [3.63, 3.8) is 0 Å². The molecule has 2 N–H and O–H groups in total. The van der Waals surface area contributed by atoms with Crippen molar-refractivity contribution in [2.75, 3.05) is 11.9 Å². The van der Waals surface area contributed by atoms with Crippen LogP contribution in [0.5, 0.6) is 0 Å². The normalized spacial score (nSPS) is 19.2. The van der Waals surface area contributed by atoms with Gasteiger partial charge >= 0.3 is 0 Å². The van der Waals surface area contributed by atoms with E-state index in [2.05, 4.69) is 10.6 Å². The minimum Gasteiger partial charge on any atom is -0.323 e. The molecule has 1 atom stereocenters. The van der Waals surface area contributed by atoms with Gasteiger partial charge in [-0.3, -0.25) is 9.59 Å². The van der Waals surface area contributed by atoms with Gasteiger partial charge in [-0.25, -0.2) is 0 Å². The largest absolute Gasteiger partial charge is 0.323 e. The lowest BCUT2D eigenvalue weighted by atomic mass is 10.2. The predicted molar refractivity (Wildman–Crippen MR) is 66.0 cm³/mol. The van der Waals surface area contributed by atoms with Crippen molar-refractivity contribution in [3.8, 4) is 0 Å². The average molecular weight is 235 g/mol. The molecular formula is C12H17N3O2. The first-order chi connectivity index (χ1) is 8.20. The SMILES string of the molecule is CCn1cc(NC(=O)[C@H]2CCCN2)ccc1=O. The van der Waals surface area contributed by atoms with E-state index in [9.17, 15) is 9.59 Å². The standard InChI is InChI=1S/C12H17N3O2/c1-2-15-8-9(5-6-11(15)16)14-12(17)10-4-3-7-13-10/h5-6,8,10,13H,2-4,7H2,1H3,(H,14,17)/t10-/m1/s1. The van der Waals surface area contributed by atoms with E-state index in [0.717, 1.165) is 19.4 Å². The Balaban J connectivity index is 2.07. The molecule has 5 heteroatoms. The maximum Gasteiger partial charge on any atom is 0.250 e. The summed E-state index contributed by atoms with van der Waals surface area (Å²) in [5.74, 6) is -0.0243. The van der Waals surface area contributed by atoms with Gasteiger partial charge in [0, 0.05) is 18.8 Å². The fourth-order valence-electron chi connectivity index (χ4n) is 1.99. The van der Waals surface area contributed by atoms with Gasteiger partial charge in [0.25, 0.3) is 5.56 Å². The average Bonchev–Trinajstić information content (AvgIpc) is 2.85. The number of aromatic nitrogens is 1. The van der Waals surface area contributed by atoms with E-state index in [1.807, 2.05) is 6.92 Å². The molecule has 2 heterocycles. The van der Waals surface area contributed by atoms with Crippen LogP contribution in [-0.4, -0.2) is 23.1 Å². The third-order valence-electron chi connectivity index (χ3n) is 2.97. The molecule has 2 rings (SSSR count). The number of hydrogen-bond acceptors (Lipinski definition) is 3. The van der Waals surface area contributed by atoms with E-state index in [1.165, 1.54) is 6.07 Å². The number of carbonyl (C=O) groups excluding carboxylic acids is 1. The second-order valence-corrected chi connectivity index (χ2v) is 4.18. The maximum atomic E-state index is 11.8. The molecule has 0 radical (unpaired) electrons. The fraction of sp³-hybridized carbons (Fsp3) is 0.500. The third kappa shape index (κ3) is 2.74. The molecule has 1 aromatic heterocycles. The zero-order valence-corrected chi connectivity index (χ0v) is 9.90. The molecule has 17 heavy (non-hydrogen) atoms. The number of rotatable bonds is 3. The molecule has 1 fully saturated rings.